The van der Waals surface area contributed by atoms with Crippen LogP contribution in [-0.4, -0.2) is 32.3 Å². The topological polar surface area (TPSA) is 59.5 Å². The second kappa shape index (κ2) is 6.10. The second-order valence-corrected chi connectivity index (χ2v) is 7.28. The first-order valence-corrected chi connectivity index (χ1v) is 8.16. The molecule has 1 aromatic heterocycles. The molecule has 5 nitrogen and oxygen atoms in total. The van der Waals surface area contributed by atoms with Crippen LogP contribution in [0, 0.1) is 0 Å². The zero-order valence-electron chi connectivity index (χ0n) is 10.2. The number of halogens is 3. The number of rotatable bonds is 5. The monoisotopic (exact) mass is 328 g/mol. The molecule has 10 heteroatoms. The van der Waals surface area contributed by atoms with Gasteiger partial charge in [0.05, 0.1) is 18.6 Å². The third kappa shape index (κ3) is 3.49. The second-order valence-electron chi connectivity index (χ2n) is 3.99. The number of sulfone groups is 1. The van der Waals surface area contributed by atoms with E-state index < -0.39 is 33.9 Å². The average molecular weight is 328 g/mol. The molecule has 0 aromatic carbocycles. The molecule has 1 aliphatic rings. The molecule has 20 heavy (non-hydrogen) atoms. The molecule has 0 aliphatic carbocycles. The Kier molecular flexibility index (Phi) is 4.66. The molecule has 1 aliphatic heterocycles. The van der Waals surface area contributed by atoms with Crippen molar-refractivity contribution >= 4 is 26.2 Å². The first-order chi connectivity index (χ1) is 9.40. The lowest BCUT2D eigenvalue weighted by molar-refractivity contribution is 0.169. The summed E-state index contributed by atoms with van der Waals surface area (Å²) in [6, 6.07) is 0. The van der Waals surface area contributed by atoms with Gasteiger partial charge in [0.1, 0.15) is 5.00 Å². The molecular formula is C10H11F3N2O3S2. The van der Waals surface area contributed by atoms with Crippen LogP contribution in [-0.2, 0) is 14.7 Å². The third-order valence-corrected chi connectivity index (χ3v) is 5.72. The van der Waals surface area contributed by atoms with E-state index in [4.69, 9.17) is 4.84 Å². The van der Waals surface area contributed by atoms with Gasteiger partial charge < -0.3 is 0 Å². The highest BCUT2D eigenvalue weighted by Gasteiger charge is 2.23. The highest BCUT2D eigenvalue weighted by atomic mass is 32.2. The summed E-state index contributed by atoms with van der Waals surface area (Å²) in [6.45, 7) is 1.18. The van der Waals surface area contributed by atoms with E-state index in [9.17, 15) is 21.6 Å². The lowest BCUT2D eigenvalue weighted by Gasteiger charge is -2.11. The van der Waals surface area contributed by atoms with E-state index in [-0.39, 0.29) is 4.34 Å². The fraction of sp³-hybridized carbons (Fsp3) is 0.500. The van der Waals surface area contributed by atoms with E-state index in [1.54, 1.807) is 0 Å². The van der Waals surface area contributed by atoms with Gasteiger partial charge in [0.15, 0.2) is 5.83 Å². The number of aromatic nitrogens is 1. The Morgan fingerprint density at radius 1 is 1.45 bits per heavy atom. The highest BCUT2D eigenvalue weighted by molar-refractivity contribution is 7.93. The van der Waals surface area contributed by atoms with Crippen molar-refractivity contribution in [1.29, 1.82) is 0 Å². The van der Waals surface area contributed by atoms with Crippen molar-refractivity contribution in [2.45, 2.75) is 17.2 Å². The van der Waals surface area contributed by atoms with Crippen LogP contribution in [0.2, 0.25) is 0 Å². The summed E-state index contributed by atoms with van der Waals surface area (Å²) in [5.74, 6) is -2.46. The summed E-state index contributed by atoms with van der Waals surface area (Å²) < 4.78 is 59.9. The Hall–Kier alpha value is -1.13. The molecular weight excluding hydrogens is 317 g/mol. The number of hydrogen-bond acceptors (Lipinski definition) is 6. The maximum absolute atomic E-state index is 12.6. The normalized spacial score (nSPS) is 15.7. The first kappa shape index (κ1) is 15.3. The molecule has 0 saturated carbocycles. The lowest BCUT2D eigenvalue weighted by atomic mass is 10.4. The molecule has 1 fully saturated rings. The van der Waals surface area contributed by atoms with Crippen molar-refractivity contribution in [3.63, 3.8) is 0 Å². The fourth-order valence-corrected chi connectivity index (χ4v) is 4.02. The van der Waals surface area contributed by atoms with Gasteiger partial charge in [-0.3, -0.25) is 4.84 Å². The Balaban J connectivity index is 2.08. The molecule has 0 spiro atoms. The third-order valence-electron chi connectivity index (χ3n) is 2.53. The molecule has 2 heterocycles. The van der Waals surface area contributed by atoms with Crippen molar-refractivity contribution in [2.75, 3.05) is 24.0 Å². The lowest BCUT2D eigenvalue weighted by Crippen LogP contribution is -2.14. The van der Waals surface area contributed by atoms with Crippen LogP contribution >= 0.6 is 11.3 Å². The Morgan fingerprint density at radius 3 is 2.80 bits per heavy atom. The van der Waals surface area contributed by atoms with Gasteiger partial charge in [-0.25, -0.2) is 22.9 Å². The van der Waals surface area contributed by atoms with Crippen LogP contribution in [0.15, 0.2) is 22.4 Å². The van der Waals surface area contributed by atoms with Crippen molar-refractivity contribution in [3.05, 3.63) is 18.1 Å². The number of hydroxylamine groups is 1. The number of anilines is 1. The first-order valence-electron chi connectivity index (χ1n) is 5.69. The van der Waals surface area contributed by atoms with Crippen LogP contribution in [0.3, 0.4) is 0 Å². The molecule has 0 amide bonds. The SMILES string of the molecule is O=S(=O)(CCC(F)=C(F)F)c1ncc(N2CCCO2)s1. The number of nitrogens with zero attached hydrogens (tertiary/aromatic N) is 2. The summed E-state index contributed by atoms with van der Waals surface area (Å²) in [7, 11) is -3.88. The van der Waals surface area contributed by atoms with Gasteiger partial charge >= 0.3 is 6.08 Å². The standard InChI is InChI=1S/C10H11F3N2O3S2/c11-7(9(12)13)2-5-20(16,17)10-14-6-8(19-10)15-3-1-4-18-15/h6H,1-5H2. The van der Waals surface area contributed by atoms with Crippen molar-refractivity contribution in [1.82, 2.24) is 4.98 Å². The van der Waals surface area contributed by atoms with Gasteiger partial charge in [-0.1, -0.05) is 11.3 Å². The summed E-state index contributed by atoms with van der Waals surface area (Å²) in [5, 5.41) is 2.05. The van der Waals surface area contributed by atoms with E-state index in [0.717, 1.165) is 17.8 Å². The Labute approximate surface area is 117 Å². The van der Waals surface area contributed by atoms with Crippen LogP contribution in [0.4, 0.5) is 18.2 Å². The van der Waals surface area contributed by atoms with Crippen molar-refractivity contribution < 1.29 is 26.4 Å². The Bertz CT molecular complexity index is 605. The van der Waals surface area contributed by atoms with E-state index in [2.05, 4.69) is 4.98 Å². The summed E-state index contributed by atoms with van der Waals surface area (Å²) in [5.41, 5.74) is 0. The zero-order chi connectivity index (χ0) is 14.8. The van der Waals surface area contributed by atoms with Crippen LogP contribution in [0.5, 0.6) is 0 Å². The van der Waals surface area contributed by atoms with Crippen LogP contribution in [0.25, 0.3) is 0 Å². The quantitative estimate of drug-likeness (QED) is 0.831. The van der Waals surface area contributed by atoms with Crippen LogP contribution in [0.1, 0.15) is 12.8 Å². The van der Waals surface area contributed by atoms with Crippen molar-refractivity contribution in [3.8, 4) is 0 Å². The average Bonchev–Trinajstić information content (AvgIpc) is 3.05. The van der Waals surface area contributed by atoms with Crippen LogP contribution < -0.4 is 5.06 Å². The minimum absolute atomic E-state index is 0.227. The maximum Gasteiger partial charge on any atom is 0.301 e. The summed E-state index contributed by atoms with van der Waals surface area (Å²) >= 11 is 0.873. The van der Waals surface area contributed by atoms with E-state index in [1.165, 1.54) is 11.3 Å². The van der Waals surface area contributed by atoms with Gasteiger partial charge in [-0.15, -0.1) is 0 Å². The molecule has 1 aromatic rings. The smallest absolute Gasteiger partial charge is 0.273 e. The van der Waals surface area contributed by atoms with Gasteiger partial charge in [0.25, 0.3) is 0 Å². The summed E-state index contributed by atoms with van der Waals surface area (Å²) in [6.07, 6.45) is -1.19. The highest BCUT2D eigenvalue weighted by Crippen LogP contribution is 2.30. The minimum atomic E-state index is -3.88. The molecule has 1 saturated heterocycles. The predicted molar refractivity (Wildman–Crippen MR) is 67.0 cm³/mol. The number of allylic oxidation sites excluding steroid dienone is 1. The van der Waals surface area contributed by atoms with Gasteiger partial charge in [-0.05, 0) is 6.42 Å². The van der Waals surface area contributed by atoms with Gasteiger partial charge in [0.2, 0.25) is 14.2 Å². The minimum Gasteiger partial charge on any atom is -0.273 e. The number of thiazole rings is 1. The molecule has 0 radical (unpaired) electrons. The maximum atomic E-state index is 12.6. The van der Waals surface area contributed by atoms with E-state index in [0.29, 0.717) is 18.2 Å². The molecule has 0 atom stereocenters. The molecule has 0 unspecified atom stereocenters. The Morgan fingerprint density at radius 2 is 2.20 bits per heavy atom. The molecule has 112 valence electrons. The predicted octanol–water partition coefficient (Wildman–Crippen LogP) is 2.53. The summed E-state index contributed by atoms with van der Waals surface area (Å²) in [4.78, 5) is 8.98. The molecule has 0 N–H and O–H groups in total. The largest absolute Gasteiger partial charge is 0.301 e. The molecule has 0 bridgehead atoms. The van der Waals surface area contributed by atoms with E-state index >= 15 is 0 Å². The number of hydrogen-bond donors (Lipinski definition) is 0. The van der Waals surface area contributed by atoms with E-state index in [1.807, 2.05) is 0 Å². The van der Waals surface area contributed by atoms with Gasteiger partial charge in [0, 0.05) is 13.0 Å². The fourth-order valence-electron chi connectivity index (χ4n) is 1.54. The zero-order valence-corrected chi connectivity index (χ0v) is 11.8. The molecule has 2 rings (SSSR count). The van der Waals surface area contributed by atoms with Gasteiger partial charge in [-0.2, -0.15) is 8.78 Å². The van der Waals surface area contributed by atoms with Crippen molar-refractivity contribution in [2.24, 2.45) is 0 Å².